The maximum Gasteiger partial charge on any atom is 0.237 e. The Balaban J connectivity index is 0.00000128. The molecule has 0 radical (unpaired) electrons. The molecular weight excluding hydrogens is 224 g/mol. The molecule has 2 rings (SSSR count). The fourth-order valence-electron chi connectivity index (χ4n) is 1.65. The lowest BCUT2D eigenvalue weighted by Crippen LogP contribution is -2.52. The Hall–Kier alpha value is -1.06. The first-order valence-electron chi connectivity index (χ1n) is 5.32. The first-order valence-corrected chi connectivity index (χ1v) is 5.32. The number of amides is 1. The predicted octanol–water partition coefficient (Wildman–Crippen LogP) is 1.39. The minimum absolute atomic E-state index is 0. The summed E-state index contributed by atoms with van der Waals surface area (Å²) in [6.07, 6.45) is 0.958. The van der Waals surface area contributed by atoms with E-state index < -0.39 is 0 Å². The van der Waals surface area contributed by atoms with E-state index >= 15 is 0 Å². The maximum atomic E-state index is 11.5. The number of carbonyl (C=O) groups is 1. The van der Waals surface area contributed by atoms with E-state index in [1.54, 1.807) is 0 Å². The van der Waals surface area contributed by atoms with Gasteiger partial charge in [-0.25, -0.2) is 0 Å². The smallest absolute Gasteiger partial charge is 0.237 e. The average molecular weight is 241 g/mol. The summed E-state index contributed by atoms with van der Waals surface area (Å²) < 4.78 is 0. The highest BCUT2D eigenvalue weighted by Gasteiger charge is 2.23. The Morgan fingerprint density at radius 2 is 2.31 bits per heavy atom. The van der Waals surface area contributed by atoms with Crippen LogP contribution in [0.4, 0.5) is 0 Å². The zero-order valence-corrected chi connectivity index (χ0v) is 10.1. The second-order valence-corrected chi connectivity index (χ2v) is 4.00. The first kappa shape index (κ1) is 13.0. The van der Waals surface area contributed by atoms with Crippen molar-refractivity contribution in [3.8, 4) is 0 Å². The predicted molar refractivity (Wildman–Crippen MR) is 66.7 cm³/mol. The topological polar surface area (TPSA) is 41.1 Å². The molecule has 1 atom stereocenters. The second kappa shape index (κ2) is 5.87. The summed E-state index contributed by atoms with van der Waals surface area (Å²) in [5.41, 5.74) is 2.38. The van der Waals surface area contributed by atoms with Gasteiger partial charge in [-0.2, -0.15) is 0 Å². The molecule has 2 N–H and O–H groups in total. The van der Waals surface area contributed by atoms with Gasteiger partial charge in [0.1, 0.15) is 0 Å². The first-order chi connectivity index (χ1) is 7.25. The highest BCUT2D eigenvalue weighted by atomic mass is 35.5. The summed E-state index contributed by atoms with van der Waals surface area (Å²) in [4.78, 5) is 11.5. The van der Waals surface area contributed by atoms with Crippen molar-refractivity contribution in [2.45, 2.75) is 25.9 Å². The van der Waals surface area contributed by atoms with Crippen LogP contribution in [0.1, 0.15) is 17.5 Å². The SMILES string of the molecule is Cc1cccc(CNC(=O)[C@H]2CCN2)c1.Cl. The fourth-order valence-corrected chi connectivity index (χ4v) is 1.65. The molecule has 0 aromatic heterocycles. The summed E-state index contributed by atoms with van der Waals surface area (Å²) in [7, 11) is 0. The third-order valence-electron chi connectivity index (χ3n) is 2.69. The van der Waals surface area contributed by atoms with Crippen LogP contribution < -0.4 is 10.6 Å². The third kappa shape index (κ3) is 3.22. The lowest BCUT2D eigenvalue weighted by molar-refractivity contribution is -0.124. The molecule has 1 aromatic carbocycles. The molecule has 0 aliphatic carbocycles. The number of halogens is 1. The molecule has 1 fully saturated rings. The van der Waals surface area contributed by atoms with Crippen LogP contribution in [-0.4, -0.2) is 18.5 Å². The number of hydrogen-bond donors (Lipinski definition) is 2. The highest BCUT2D eigenvalue weighted by Crippen LogP contribution is 2.05. The molecule has 1 heterocycles. The Morgan fingerprint density at radius 1 is 1.56 bits per heavy atom. The van der Waals surface area contributed by atoms with Gasteiger partial charge in [-0.3, -0.25) is 4.79 Å². The van der Waals surface area contributed by atoms with Gasteiger partial charge in [0.2, 0.25) is 5.91 Å². The van der Waals surface area contributed by atoms with Crippen molar-refractivity contribution in [2.24, 2.45) is 0 Å². The summed E-state index contributed by atoms with van der Waals surface area (Å²) in [6, 6.07) is 8.22. The molecule has 0 unspecified atom stereocenters. The van der Waals surface area contributed by atoms with Gasteiger partial charge >= 0.3 is 0 Å². The van der Waals surface area contributed by atoms with E-state index in [4.69, 9.17) is 0 Å². The van der Waals surface area contributed by atoms with Gasteiger partial charge in [-0.15, -0.1) is 12.4 Å². The van der Waals surface area contributed by atoms with Gasteiger partial charge in [-0.05, 0) is 25.5 Å². The zero-order chi connectivity index (χ0) is 10.7. The van der Waals surface area contributed by atoms with Crippen LogP contribution >= 0.6 is 12.4 Å². The van der Waals surface area contributed by atoms with Crippen LogP contribution in [0.3, 0.4) is 0 Å². The van der Waals surface area contributed by atoms with E-state index in [0.717, 1.165) is 18.5 Å². The van der Waals surface area contributed by atoms with Crippen LogP contribution in [0.2, 0.25) is 0 Å². The quantitative estimate of drug-likeness (QED) is 0.839. The second-order valence-electron chi connectivity index (χ2n) is 4.00. The minimum atomic E-state index is 0. The van der Waals surface area contributed by atoms with Crippen molar-refractivity contribution in [1.82, 2.24) is 10.6 Å². The van der Waals surface area contributed by atoms with Gasteiger partial charge in [0.25, 0.3) is 0 Å². The van der Waals surface area contributed by atoms with Crippen molar-refractivity contribution in [2.75, 3.05) is 6.54 Å². The van der Waals surface area contributed by atoms with Crippen LogP contribution in [0.5, 0.6) is 0 Å². The number of nitrogens with one attached hydrogen (secondary N) is 2. The van der Waals surface area contributed by atoms with E-state index in [9.17, 15) is 4.79 Å². The highest BCUT2D eigenvalue weighted by molar-refractivity contribution is 5.85. The Kier molecular flexibility index (Phi) is 4.77. The molecule has 1 amide bonds. The molecule has 4 heteroatoms. The van der Waals surface area contributed by atoms with Gasteiger partial charge < -0.3 is 10.6 Å². The normalized spacial score (nSPS) is 18.2. The molecular formula is C12H17ClN2O. The Morgan fingerprint density at radius 3 is 2.88 bits per heavy atom. The fraction of sp³-hybridized carbons (Fsp3) is 0.417. The van der Waals surface area contributed by atoms with E-state index in [1.165, 1.54) is 5.56 Å². The van der Waals surface area contributed by atoms with E-state index in [-0.39, 0.29) is 24.4 Å². The van der Waals surface area contributed by atoms with Crippen molar-refractivity contribution in [1.29, 1.82) is 0 Å². The van der Waals surface area contributed by atoms with Gasteiger partial charge in [0.15, 0.2) is 0 Å². The summed E-state index contributed by atoms with van der Waals surface area (Å²) in [6.45, 7) is 3.64. The summed E-state index contributed by atoms with van der Waals surface area (Å²) in [5.74, 6) is 0.114. The molecule has 1 aliphatic heterocycles. The average Bonchev–Trinajstić information content (AvgIpc) is 2.12. The van der Waals surface area contributed by atoms with Crippen molar-refractivity contribution >= 4 is 18.3 Å². The lowest BCUT2D eigenvalue weighted by atomic mass is 10.1. The third-order valence-corrected chi connectivity index (χ3v) is 2.69. The van der Waals surface area contributed by atoms with E-state index in [0.29, 0.717) is 6.54 Å². The van der Waals surface area contributed by atoms with Crippen molar-refractivity contribution in [3.63, 3.8) is 0 Å². The minimum Gasteiger partial charge on any atom is -0.351 e. The molecule has 0 saturated carbocycles. The van der Waals surface area contributed by atoms with Crippen LogP contribution in [0, 0.1) is 6.92 Å². The molecule has 0 spiro atoms. The summed E-state index contributed by atoms with van der Waals surface area (Å²) in [5, 5.41) is 6.01. The maximum absolute atomic E-state index is 11.5. The molecule has 0 bridgehead atoms. The van der Waals surface area contributed by atoms with Crippen molar-refractivity contribution < 1.29 is 4.79 Å². The molecule has 3 nitrogen and oxygen atoms in total. The Bertz CT molecular complexity index is 364. The largest absolute Gasteiger partial charge is 0.351 e. The molecule has 1 aliphatic rings. The van der Waals surface area contributed by atoms with Gasteiger partial charge in [0.05, 0.1) is 6.04 Å². The molecule has 88 valence electrons. The van der Waals surface area contributed by atoms with Gasteiger partial charge in [-0.1, -0.05) is 29.8 Å². The van der Waals surface area contributed by atoms with Crippen LogP contribution in [-0.2, 0) is 11.3 Å². The number of hydrogen-bond acceptors (Lipinski definition) is 2. The standard InChI is InChI=1S/C12H16N2O.ClH/c1-9-3-2-4-10(7-9)8-14-12(15)11-5-6-13-11;/h2-4,7,11,13H,5-6,8H2,1H3,(H,14,15);1H/t11-;/m1./s1. The molecule has 1 saturated heterocycles. The number of aryl methyl sites for hydroxylation is 1. The molecule has 16 heavy (non-hydrogen) atoms. The monoisotopic (exact) mass is 240 g/mol. The van der Waals surface area contributed by atoms with Crippen molar-refractivity contribution in [3.05, 3.63) is 35.4 Å². The van der Waals surface area contributed by atoms with Gasteiger partial charge in [0, 0.05) is 6.54 Å². The number of benzene rings is 1. The van der Waals surface area contributed by atoms with Crippen LogP contribution in [0.15, 0.2) is 24.3 Å². The lowest BCUT2D eigenvalue weighted by Gasteiger charge is -2.26. The van der Waals surface area contributed by atoms with E-state index in [1.807, 2.05) is 12.1 Å². The number of rotatable bonds is 3. The molecule has 1 aromatic rings. The number of carbonyl (C=O) groups excluding carboxylic acids is 1. The van der Waals surface area contributed by atoms with Crippen LogP contribution in [0.25, 0.3) is 0 Å². The van der Waals surface area contributed by atoms with E-state index in [2.05, 4.69) is 29.7 Å². The zero-order valence-electron chi connectivity index (χ0n) is 9.32. The summed E-state index contributed by atoms with van der Waals surface area (Å²) >= 11 is 0. The Labute approximate surface area is 102 Å².